The van der Waals surface area contributed by atoms with E-state index in [2.05, 4.69) is 15.4 Å². The predicted octanol–water partition coefficient (Wildman–Crippen LogP) is 1.33. The molecule has 6 nitrogen and oxygen atoms in total. The second-order valence-corrected chi connectivity index (χ2v) is 5.53. The van der Waals surface area contributed by atoms with Gasteiger partial charge in [-0.3, -0.25) is 9.69 Å². The first-order valence-electron chi connectivity index (χ1n) is 7.89. The number of hydrogen-bond acceptors (Lipinski definition) is 5. The Hall–Kier alpha value is -2.18. The van der Waals surface area contributed by atoms with Crippen molar-refractivity contribution in [2.24, 2.45) is 0 Å². The van der Waals surface area contributed by atoms with Crippen LogP contribution in [-0.2, 0) is 16.0 Å². The van der Waals surface area contributed by atoms with E-state index in [1.807, 2.05) is 36.4 Å². The quantitative estimate of drug-likeness (QED) is 0.871. The second-order valence-electron chi connectivity index (χ2n) is 5.53. The molecular weight excluding hydrogens is 294 g/mol. The molecule has 1 aliphatic heterocycles. The van der Waals surface area contributed by atoms with E-state index in [0.29, 0.717) is 12.3 Å². The molecule has 6 heteroatoms. The minimum atomic E-state index is -0.0472. The van der Waals surface area contributed by atoms with Crippen LogP contribution in [0.5, 0.6) is 0 Å². The van der Waals surface area contributed by atoms with Crippen molar-refractivity contribution in [1.82, 2.24) is 15.4 Å². The molecule has 23 heavy (non-hydrogen) atoms. The minimum absolute atomic E-state index is 0.0472. The largest absolute Gasteiger partial charge is 0.379 e. The number of carbonyl (C=O) groups is 1. The summed E-state index contributed by atoms with van der Waals surface area (Å²) in [5.41, 5.74) is 1.73. The molecule has 1 saturated heterocycles. The number of nitrogens with one attached hydrogen (secondary N) is 1. The molecule has 0 radical (unpaired) electrons. The number of hydrogen-bond donors (Lipinski definition) is 1. The Morgan fingerprint density at radius 2 is 2.00 bits per heavy atom. The minimum Gasteiger partial charge on any atom is -0.379 e. The summed E-state index contributed by atoms with van der Waals surface area (Å²) in [5.74, 6) is 0.529. The smallest absolute Gasteiger partial charge is 0.227 e. The maximum atomic E-state index is 12.0. The van der Waals surface area contributed by atoms with Crippen molar-refractivity contribution in [2.45, 2.75) is 6.42 Å². The molecule has 0 unspecified atom stereocenters. The summed E-state index contributed by atoms with van der Waals surface area (Å²) in [7, 11) is 0. The van der Waals surface area contributed by atoms with E-state index in [-0.39, 0.29) is 12.3 Å². The van der Waals surface area contributed by atoms with E-state index in [1.165, 1.54) is 0 Å². The number of benzene rings is 1. The van der Waals surface area contributed by atoms with Crippen LogP contribution in [0.25, 0.3) is 11.3 Å². The molecule has 1 N–H and O–H groups in total. The summed E-state index contributed by atoms with van der Waals surface area (Å²) in [4.78, 5) is 14.2. The standard InChI is InChI=1S/C17H21N3O3/c21-17(18-6-7-20-8-10-22-11-9-20)13-15-12-16(19-23-15)14-4-2-1-3-5-14/h1-5,12H,6-11,13H2,(H,18,21). The van der Waals surface area contributed by atoms with Gasteiger partial charge in [-0.05, 0) is 0 Å². The molecule has 1 aromatic carbocycles. The van der Waals surface area contributed by atoms with Crippen LogP contribution in [0.15, 0.2) is 40.9 Å². The van der Waals surface area contributed by atoms with E-state index in [9.17, 15) is 4.79 Å². The van der Waals surface area contributed by atoms with Crippen molar-refractivity contribution < 1.29 is 14.1 Å². The summed E-state index contributed by atoms with van der Waals surface area (Å²) in [5, 5.41) is 6.93. The van der Waals surface area contributed by atoms with Gasteiger partial charge in [-0.1, -0.05) is 35.5 Å². The van der Waals surface area contributed by atoms with Gasteiger partial charge in [-0.2, -0.15) is 0 Å². The second kappa shape index (κ2) is 7.89. The molecule has 1 fully saturated rings. The van der Waals surface area contributed by atoms with Gasteiger partial charge in [0.25, 0.3) is 0 Å². The number of rotatable bonds is 6. The number of morpholine rings is 1. The van der Waals surface area contributed by atoms with Crippen LogP contribution in [0.4, 0.5) is 0 Å². The lowest BCUT2D eigenvalue weighted by atomic mass is 10.1. The van der Waals surface area contributed by atoms with Gasteiger partial charge in [0.1, 0.15) is 11.5 Å². The highest BCUT2D eigenvalue weighted by Gasteiger charge is 2.12. The van der Waals surface area contributed by atoms with E-state index in [4.69, 9.17) is 9.26 Å². The van der Waals surface area contributed by atoms with Crippen molar-refractivity contribution in [2.75, 3.05) is 39.4 Å². The third kappa shape index (κ3) is 4.64. The molecule has 0 aliphatic carbocycles. The Morgan fingerprint density at radius 3 is 2.78 bits per heavy atom. The van der Waals surface area contributed by atoms with E-state index in [0.717, 1.165) is 44.1 Å². The fourth-order valence-corrected chi connectivity index (χ4v) is 2.54. The lowest BCUT2D eigenvalue weighted by Crippen LogP contribution is -2.41. The first-order chi connectivity index (χ1) is 11.3. The molecule has 1 aliphatic rings. The van der Waals surface area contributed by atoms with Crippen molar-refractivity contribution >= 4 is 5.91 Å². The molecule has 0 saturated carbocycles. The molecule has 2 aromatic rings. The van der Waals surface area contributed by atoms with Gasteiger partial charge in [0.2, 0.25) is 5.91 Å². The van der Waals surface area contributed by atoms with Gasteiger partial charge >= 0.3 is 0 Å². The van der Waals surface area contributed by atoms with Gasteiger partial charge in [-0.15, -0.1) is 0 Å². The zero-order valence-electron chi connectivity index (χ0n) is 13.0. The van der Waals surface area contributed by atoms with E-state index >= 15 is 0 Å². The van der Waals surface area contributed by atoms with Crippen LogP contribution in [-0.4, -0.2) is 55.4 Å². The number of nitrogens with zero attached hydrogens (tertiary/aromatic N) is 2. The molecule has 0 atom stereocenters. The Balaban J connectivity index is 1.44. The number of aromatic nitrogens is 1. The molecule has 122 valence electrons. The van der Waals surface area contributed by atoms with Gasteiger partial charge in [0.15, 0.2) is 0 Å². The molecule has 1 amide bonds. The molecule has 0 spiro atoms. The fourth-order valence-electron chi connectivity index (χ4n) is 2.54. The number of amides is 1. The van der Waals surface area contributed by atoms with E-state index < -0.39 is 0 Å². The van der Waals surface area contributed by atoms with Crippen LogP contribution in [0.1, 0.15) is 5.76 Å². The molecular formula is C17H21N3O3. The first kappa shape index (κ1) is 15.7. The summed E-state index contributed by atoms with van der Waals surface area (Å²) >= 11 is 0. The topological polar surface area (TPSA) is 67.6 Å². The third-order valence-corrected chi connectivity index (χ3v) is 3.82. The summed E-state index contributed by atoms with van der Waals surface area (Å²) in [6.07, 6.45) is 0.211. The molecule has 2 heterocycles. The van der Waals surface area contributed by atoms with Gasteiger partial charge in [-0.25, -0.2) is 0 Å². The maximum Gasteiger partial charge on any atom is 0.227 e. The van der Waals surface area contributed by atoms with Crippen molar-refractivity contribution in [3.05, 3.63) is 42.2 Å². The Kier molecular flexibility index (Phi) is 5.39. The van der Waals surface area contributed by atoms with Crippen LogP contribution in [0.3, 0.4) is 0 Å². The third-order valence-electron chi connectivity index (χ3n) is 3.82. The predicted molar refractivity (Wildman–Crippen MR) is 85.9 cm³/mol. The lowest BCUT2D eigenvalue weighted by molar-refractivity contribution is -0.120. The number of ether oxygens (including phenoxy) is 1. The summed E-state index contributed by atoms with van der Waals surface area (Å²) in [6, 6.07) is 11.6. The van der Waals surface area contributed by atoms with Crippen LogP contribution >= 0.6 is 0 Å². The van der Waals surface area contributed by atoms with Crippen molar-refractivity contribution in [3.63, 3.8) is 0 Å². The SMILES string of the molecule is O=C(Cc1cc(-c2ccccc2)no1)NCCN1CCOCC1. The van der Waals surface area contributed by atoms with Crippen LogP contribution < -0.4 is 5.32 Å². The van der Waals surface area contributed by atoms with Gasteiger partial charge in [0, 0.05) is 37.8 Å². The first-order valence-corrected chi connectivity index (χ1v) is 7.89. The van der Waals surface area contributed by atoms with Crippen LogP contribution in [0, 0.1) is 0 Å². The lowest BCUT2D eigenvalue weighted by Gasteiger charge is -2.26. The monoisotopic (exact) mass is 315 g/mol. The van der Waals surface area contributed by atoms with Gasteiger partial charge in [0.05, 0.1) is 19.6 Å². The number of carbonyl (C=O) groups excluding carboxylic acids is 1. The fraction of sp³-hybridized carbons (Fsp3) is 0.412. The highest BCUT2D eigenvalue weighted by molar-refractivity contribution is 5.78. The highest BCUT2D eigenvalue weighted by Crippen LogP contribution is 2.18. The molecule has 3 rings (SSSR count). The van der Waals surface area contributed by atoms with Crippen molar-refractivity contribution in [1.29, 1.82) is 0 Å². The van der Waals surface area contributed by atoms with E-state index in [1.54, 1.807) is 0 Å². The average molecular weight is 315 g/mol. The Bertz CT molecular complexity index is 621. The van der Waals surface area contributed by atoms with Crippen LogP contribution in [0.2, 0.25) is 0 Å². The average Bonchev–Trinajstić information content (AvgIpc) is 3.05. The Morgan fingerprint density at radius 1 is 1.22 bits per heavy atom. The summed E-state index contributed by atoms with van der Waals surface area (Å²) < 4.78 is 10.5. The highest BCUT2D eigenvalue weighted by atomic mass is 16.5. The van der Waals surface area contributed by atoms with Crippen molar-refractivity contribution in [3.8, 4) is 11.3 Å². The maximum absolute atomic E-state index is 12.0. The van der Waals surface area contributed by atoms with Gasteiger partial charge < -0.3 is 14.6 Å². The Labute approximate surface area is 135 Å². The molecule has 0 bridgehead atoms. The molecule has 1 aromatic heterocycles. The normalized spacial score (nSPS) is 15.5. The zero-order chi connectivity index (χ0) is 15.9. The summed E-state index contributed by atoms with van der Waals surface area (Å²) in [6.45, 7) is 4.89. The zero-order valence-corrected chi connectivity index (χ0v) is 13.0.